The maximum atomic E-state index is 12.8. The predicted molar refractivity (Wildman–Crippen MR) is 155 cm³/mol. The summed E-state index contributed by atoms with van der Waals surface area (Å²) in [6.07, 6.45) is 0.228. The number of thioether (sulfide) groups is 1. The lowest BCUT2D eigenvalue weighted by Crippen LogP contribution is -2.16. The number of carbonyl (C=O) groups is 3. The molecule has 0 aliphatic heterocycles. The molecule has 4 rings (SSSR count). The summed E-state index contributed by atoms with van der Waals surface area (Å²) in [5.74, 6) is -0.745. The number of benzene rings is 3. The molecule has 1 aromatic heterocycles. The molecule has 9 heteroatoms. The molecule has 0 aliphatic carbocycles. The Bertz CT molecular complexity index is 1420. The van der Waals surface area contributed by atoms with Crippen LogP contribution in [0.15, 0.2) is 89.1 Å². The number of ether oxygens (including phenoxy) is 1. The Morgan fingerprint density at radius 1 is 0.921 bits per heavy atom. The second-order valence-corrected chi connectivity index (χ2v) is 10.5. The molecule has 0 fully saturated rings. The standard InChI is InChI=1S/C29H25ClN2O4S2/c1-2-36-29(35)27-24(20-7-4-3-5-8-20)17-38-28(27)32-26(34)18-37-23-10-6-9-22(16-23)31-25(33)15-19-11-13-21(30)14-12-19/h3-14,16-17H,2,15,18H2,1H3,(H,31,33)(H,32,34). The van der Waals surface area contributed by atoms with Crippen LogP contribution in [0.5, 0.6) is 0 Å². The molecule has 4 aromatic rings. The van der Waals surface area contributed by atoms with Gasteiger partial charge in [0.05, 0.1) is 18.8 Å². The Morgan fingerprint density at radius 2 is 1.68 bits per heavy atom. The van der Waals surface area contributed by atoms with E-state index in [4.69, 9.17) is 16.3 Å². The van der Waals surface area contributed by atoms with Crippen molar-refractivity contribution < 1.29 is 19.1 Å². The molecule has 0 aliphatic rings. The fourth-order valence-corrected chi connectivity index (χ4v) is 5.51. The molecule has 3 aromatic carbocycles. The van der Waals surface area contributed by atoms with E-state index >= 15 is 0 Å². The number of amides is 2. The molecule has 1 heterocycles. The monoisotopic (exact) mass is 564 g/mol. The molecule has 38 heavy (non-hydrogen) atoms. The van der Waals surface area contributed by atoms with E-state index < -0.39 is 5.97 Å². The van der Waals surface area contributed by atoms with Crippen molar-refractivity contribution in [3.8, 4) is 11.1 Å². The molecule has 0 radical (unpaired) electrons. The third-order valence-corrected chi connectivity index (χ3v) is 7.52. The van der Waals surface area contributed by atoms with E-state index in [0.717, 1.165) is 21.6 Å². The zero-order chi connectivity index (χ0) is 26.9. The largest absolute Gasteiger partial charge is 0.462 e. The van der Waals surface area contributed by atoms with Crippen LogP contribution >= 0.6 is 34.7 Å². The van der Waals surface area contributed by atoms with Gasteiger partial charge in [0.1, 0.15) is 10.6 Å². The van der Waals surface area contributed by atoms with Gasteiger partial charge in [0.2, 0.25) is 11.8 Å². The molecular weight excluding hydrogens is 540 g/mol. The van der Waals surface area contributed by atoms with Gasteiger partial charge >= 0.3 is 5.97 Å². The van der Waals surface area contributed by atoms with E-state index in [2.05, 4.69) is 10.6 Å². The first-order valence-electron chi connectivity index (χ1n) is 11.8. The third-order valence-electron chi connectivity index (χ3n) is 5.37. The van der Waals surface area contributed by atoms with E-state index in [0.29, 0.717) is 21.3 Å². The van der Waals surface area contributed by atoms with Gasteiger partial charge in [-0.1, -0.05) is 60.1 Å². The molecule has 194 valence electrons. The van der Waals surface area contributed by atoms with Crippen molar-refractivity contribution in [2.24, 2.45) is 0 Å². The highest BCUT2D eigenvalue weighted by Crippen LogP contribution is 2.36. The zero-order valence-electron chi connectivity index (χ0n) is 20.5. The number of anilines is 2. The smallest absolute Gasteiger partial charge is 0.341 e. The molecule has 2 amide bonds. The lowest BCUT2D eigenvalue weighted by atomic mass is 10.0. The van der Waals surface area contributed by atoms with Crippen LogP contribution in [0.25, 0.3) is 11.1 Å². The Labute approximate surface area is 234 Å². The Balaban J connectivity index is 1.38. The summed E-state index contributed by atoms with van der Waals surface area (Å²) in [5, 5.41) is 8.68. The van der Waals surface area contributed by atoms with Gasteiger partial charge in [0, 0.05) is 26.5 Å². The molecule has 0 atom stereocenters. The van der Waals surface area contributed by atoms with Gasteiger partial charge in [-0.05, 0) is 48.4 Å². The van der Waals surface area contributed by atoms with Crippen molar-refractivity contribution in [3.05, 3.63) is 100 Å². The first kappa shape index (κ1) is 27.4. The first-order valence-corrected chi connectivity index (χ1v) is 14.1. The Morgan fingerprint density at radius 3 is 2.42 bits per heavy atom. The maximum Gasteiger partial charge on any atom is 0.341 e. The van der Waals surface area contributed by atoms with Gasteiger partial charge in [-0.15, -0.1) is 23.1 Å². The van der Waals surface area contributed by atoms with Crippen LogP contribution in [0.2, 0.25) is 5.02 Å². The number of halogens is 1. The number of esters is 1. The van der Waals surface area contributed by atoms with Crippen molar-refractivity contribution in [1.29, 1.82) is 0 Å². The molecule has 2 N–H and O–H groups in total. The molecule has 0 spiro atoms. The van der Waals surface area contributed by atoms with Gasteiger partial charge in [0.15, 0.2) is 0 Å². The first-order chi connectivity index (χ1) is 18.4. The maximum absolute atomic E-state index is 12.8. The second-order valence-electron chi connectivity index (χ2n) is 8.16. The van der Waals surface area contributed by atoms with Crippen LogP contribution in [-0.4, -0.2) is 30.1 Å². The summed E-state index contributed by atoms with van der Waals surface area (Å²) in [4.78, 5) is 38.8. The highest BCUT2D eigenvalue weighted by molar-refractivity contribution is 8.00. The van der Waals surface area contributed by atoms with Crippen molar-refractivity contribution >= 4 is 63.2 Å². The van der Waals surface area contributed by atoms with Gasteiger partial charge in [-0.3, -0.25) is 9.59 Å². The summed E-state index contributed by atoms with van der Waals surface area (Å²) in [6.45, 7) is 1.98. The van der Waals surface area contributed by atoms with E-state index in [1.165, 1.54) is 23.1 Å². The normalized spacial score (nSPS) is 10.6. The van der Waals surface area contributed by atoms with Gasteiger partial charge in [-0.2, -0.15) is 0 Å². The van der Waals surface area contributed by atoms with Crippen molar-refractivity contribution in [2.75, 3.05) is 23.0 Å². The van der Waals surface area contributed by atoms with Crippen LogP contribution in [-0.2, 0) is 20.7 Å². The number of carbonyl (C=O) groups excluding carboxylic acids is 3. The number of hydrogen-bond acceptors (Lipinski definition) is 6. The SMILES string of the molecule is CCOC(=O)c1c(-c2ccccc2)csc1NC(=O)CSc1cccc(NC(=O)Cc2ccc(Cl)cc2)c1. The van der Waals surface area contributed by atoms with Crippen LogP contribution in [0.1, 0.15) is 22.8 Å². The van der Waals surface area contributed by atoms with Crippen LogP contribution < -0.4 is 10.6 Å². The van der Waals surface area contributed by atoms with E-state index in [9.17, 15) is 14.4 Å². The lowest BCUT2D eigenvalue weighted by Gasteiger charge is -2.10. The number of hydrogen-bond donors (Lipinski definition) is 2. The number of thiophene rings is 1. The van der Waals surface area contributed by atoms with E-state index in [-0.39, 0.29) is 30.6 Å². The molecular formula is C29H25ClN2O4S2. The quantitative estimate of drug-likeness (QED) is 0.158. The fraction of sp³-hybridized carbons (Fsp3) is 0.138. The minimum atomic E-state index is -0.474. The van der Waals surface area contributed by atoms with Crippen LogP contribution in [0, 0.1) is 0 Å². The van der Waals surface area contributed by atoms with Gasteiger partial charge in [-0.25, -0.2) is 4.79 Å². The fourth-order valence-electron chi connectivity index (χ4n) is 3.65. The predicted octanol–water partition coefficient (Wildman–Crippen LogP) is 7.16. The summed E-state index contributed by atoms with van der Waals surface area (Å²) in [5.41, 5.74) is 3.45. The molecule has 0 saturated carbocycles. The minimum Gasteiger partial charge on any atom is -0.462 e. The Hall–Kier alpha value is -3.59. The summed E-state index contributed by atoms with van der Waals surface area (Å²) in [7, 11) is 0. The van der Waals surface area contributed by atoms with Crippen molar-refractivity contribution in [1.82, 2.24) is 0 Å². The van der Waals surface area contributed by atoms with E-state index in [1.807, 2.05) is 66.0 Å². The zero-order valence-corrected chi connectivity index (χ0v) is 22.9. The number of rotatable bonds is 10. The Kier molecular flexibility index (Phi) is 9.59. The van der Waals surface area contributed by atoms with Crippen LogP contribution in [0.4, 0.5) is 10.7 Å². The van der Waals surface area contributed by atoms with Crippen molar-refractivity contribution in [3.63, 3.8) is 0 Å². The van der Waals surface area contributed by atoms with Crippen molar-refractivity contribution in [2.45, 2.75) is 18.2 Å². The summed E-state index contributed by atoms with van der Waals surface area (Å²) >= 11 is 8.52. The second kappa shape index (κ2) is 13.3. The van der Waals surface area contributed by atoms with Crippen LogP contribution in [0.3, 0.4) is 0 Å². The molecule has 6 nitrogen and oxygen atoms in total. The minimum absolute atomic E-state index is 0.128. The summed E-state index contributed by atoms with van der Waals surface area (Å²) in [6, 6.07) is 24.0. The average molecular weight is 565 g/mol. The topological polar surface area (TPSA) is 84.5 Å². The highest BCUT2D eigenvalue weighted by Gasteiger charge is 2.22. The summed E-state index contributed by atoms with van der Waals surface area (Å²) < 4.78 is 5.26. The van der Waals surface area contributed by atoms with E-state index in [1.54, 1.807) is 25.1 Å². The molecule has 0 saturated heterocycles. The number of nitrogens with one attached hydrogen (secondary N) is 2. The average Bonchev–Trinajstić information content (AvgIpc) is 3.33. The lowest BCUT2D eigenvalue weighted by molar-refractivity contribution is -0.115. The molecule has 0 bridgehead atoms. The van der Waals surface area contributed by atoms with Gasteiger partial charge < -0.3 is 15.4 Å². The van der Waals surface area contributed by atoms with Gasteiger partial charge in [0.25, 0.3) is 0 Å². The third kappa shape index (κ3) is 7.47. The highest BCUT2D eigenvalue weighted by atomic mass is 35.5. The molecule has 0 unspecified atom stereocenters.